The summed E-state index contributed by atoms with van der Waals surface area (Å²) < 4.78 is 2.20. The van der Waals surface area contributed by atoms with Gasteiger partial charge in [-0.3, -0.25) is 0 Å². The van der Waals surface area contributed by atoms with Gasteiger partial charge in [0.25, 0.3) is 0 Å². The SMILES string of the molecule is CCCn1ccnc1-c1ccc(CC(C)N)cc1. The quantitative estimate of drug-likeness (QED) is 0.877. The summed E-state index contributed by atoms with van der Waals surface area (Å²) in [5.74, 6) is 1.05. The van der Waals surface area contributed by atoms with Gasteiger partial charge in [-0.1, -0.05) is 31.2 Å². The van der Waals surface area contributed by atoms with E-state index < -0.39 is 0 Å². The maximum atomic E-state index is 5.80. The minimum Gasteiger partial charge on any atom is -0.331 e. The maximum absolute atomic E-state index is 5.80. The van der Waals surface area contributed by atoms with Crippen LogP contribution in [0.1, 0.15) is 25.8 Å². The molecule has 2 N–H and O–H groups in total. The lowest BCUT2D eigenvalue weighted by molar-refractivity contribution is 0.685. The van der Waals surface area contributed by atoms with Crippen molar-refractivity contribution in [2.75, 3.05) is 0 Å². The Morgan fingerprint density at radius 2 is 2.00 bits per heavy atom. The van der Waals surface area contributed by atoms with Gasteiger partial charge < -0.3 is 10.3 Å². The predicted octanol–water partition coefficient (Wildman–Crippen LogP) is 2.85. The molecule has 0 fully saturated rings. The molecule has 18 heavy (non-hydrogen) atoms. The molecule has 1 aromatic heterocycles. The third-order valence-corrected chi connectivity index (χ3v) is 2.95. The summed E-state index contributed by atoms with van der Waals surface area (Å²) in [6, 6.07) is 8.75. The molecule has 96 valence electrons. The summed E-state index contributed by atoms with van der Waals surface area (Å²) >= 11 is 0. The molecular formula is C15H21N3. The Morgan fingerprint density at radius 3 is 2.61 bits per heavy atom. The van der Waals surface area contributed by atoms with Crippen LogP contribution in [0.15, 0.2) is 36.7 Å². The lowest BCUT2D eigenvalue weighted by atomic mass is 10.1. The molecule has 0 amide bonds. The highest BCUT2D eigenvalue weighted by Crippen LogP contribution is 2.18. The summed E-state index contributed by atoms with van der Waals surface area (Å²) in [4.78, 5) is 4.43. The van der Waals surface area contributed by atoms with E-state index in [9.17, 15) is 0 Å². The molecule has 1 heterocycles. The van der Waals surface area contributed by atoms with E-state index in [2.05, 4.69) is 40.7 Å². The first-order valence-corrected chi connectivity index (χ1v) is 6.56. The van der Waals surface area contributed by atoms with Crippen molar-refractivity contribution < 1.29 is 0 Å². The fourth-order valence-corrected chi connectivity index (χ4v) is 2.15. The third-order valence-electron chi connectivity index (χ3n) is 2.95. The van der Waals surface area contributed by atoms with Crippen molar-refractivity contribution in [3.05, 3.63) is 42.2 Å². The van der Waals surface area contributed by atoms with Crippen LogP contribution in [0.2, 0.25) is 0 Å². The van der Waals surface area contributed by atoms with E-state index in [1.807, 2.05) is 19.3 Å². The van der Waals surface area contributed by atoms with E-state index >= 15 is 0 Å². The van der Waals surface area contributed by atoms with Crippen LogP contribution in [-0.2, 0) is 13.0 Å². The summed E-state index contributed by atoms with van der Waals surface area (Å²) in [6.07, 6.45) is 5.94. The maximum Gasteiger partial charge on any atom is 0.139 e. The largest absolute Gasteiger partial charge is 0.331 e. The van der Waals surface area contributed by atoms with Gasteiger partial charge in [-0.25, -0.2) is 4.98 Å². The second-order valence-electron chi connectivity index (χ2n) is 4.82. The molecule has 0 saturated carbocycles. The molecule has 3 nitrogen and oxygen atoms in total. The van der Waals surface area contributed by atoms with Crippen molar-refractivity contribution in [1.29, 1.82) is 0 Å². The van der Waals surface area contributed by atoms with E-state index in [0.29, 0.717) is 0 Å². The van der Waals surface area contributed by atoms with E-state index in [1.165, 1.54) is 11.1 Å². The molecule has 1 atom stereocenters. The van der Waals surface area contributed by atoms with Crippen molar-refractivity contribution in [3.63, 3.8) is 0 Å². The Bertz CT molecular complexity index is 483. The Labute approximate surface area is 109 Å². The van der Waals surface area contributed by atoms with Crippen LogP contribution >= 0.6 is 0 Å². The molecule has 2 rings (SSSR count). The number of benzene rings is 1. The van der Waals surface area contributed by atoms with Gasteiger partial charge in [0.1, 0.15) is 5.82 Å². The van der Waals surface area contributed by atoms with Crippen LogP contribution < -0.4 is 5.73 Å². The molecule has 1 aromatic carbocycles. The van der Waals surface area contributed by atoms with E-state index in [-0.39, 0.29) is 6.04 Å². The van der Waals surface area contributed by atoms with Gasteiger partial charge in [0.2, 0.25) is 0 Å². The highest BCUT2D eigenvalue weighted by Gasteiger charge is 2.05. The zero-order valence-electron chi connectivity index (χ0n) is 11.1. The van der Waals surface area contributed by atoms with Gasteiger partial charge >= 0.3 is 0 Å². The molecule has 0 radical (unpaired) electrons. The van der Waals surface area contributed by atoms with Crippen LogP contribution in [0.5, 0.6) is 0 Å². The van der Waals surface area contributed by atoms with Crippen LogP contribution in [-0.4, -0.2) is 15.6 Å². The smallest absolute Gasteiger partial charge is 0.139 e. The second kappa shape index (κ2) is 5.83. The number of rotatable bonds is 5. The third kappa shape index (κ3) is 2.99. The highest BCUT2D eigenvalue weighted by molar-refractivity contribution is 5.56. The summed E-state index contributed by atoms with van der Waals surface area (Å²) in [5.41, 5.74) is 8.25. The first-order chi connectivity index (χ1) is 8.70. The molecule has 3 heteroatoms. The molecule has 0 spiro atoms. The summed E-state index contributed by atoms with van der Waals surface area (Å²) in [7, 11) is 0. The van der Waals surface area contributed by atoms with Crippen LogP contribution in [0.3, 0.4) is 0 Å². The minimum atomic E-state index is 0.206. The number of hydrogen-bond donors (Lipinski definition) is 1. The first kappa shape index (κ1) is 12.8. The Morgan fingerprint density at radius 1 is 1.28 bits per heavy atom. The number of aryl methyl sites for hydroxylation is 1. The number of imidazole rings is 1. The Balaban J connectivity index is 2.20. The topological polar surface area (TPSA) is 43.8 Å². The van der Waals surface area contributed by atoms with Crippen LogP contribution in [0.4, 0.5) is 0 Å². The number of hydrogen-bond acceptors (Lipinski definition) is 2. The average Bonchev–Trinajstić information content (AvgIpc) is 2.78. The summed E-state index contributed by atoms with van der Waals surface area (Å²) in [5, 5.41) is 0. The summed E-state index contributed by atoms with van der Waals surface area (Å²) in [6.45, 7) is 5.22. The second-order valence-corrected chi connectivity index (χ2v) is 4.82. The van der Waals surface area contributed by atoms with Crippen LogP contribution in [0.25, 0.3) is 11.4 Å². The first-order valence-electron chi connectivity index (χ1n) is 6.56. The van der Waals surface area contributed by atoms with Gasteiger partial charge in [0, 0.05) is 30.5 Å². The molecule has 2 aromatic rings. The Kier molecular flexibility index (Phi) is 4.15. The van der Waals surface area contributed by atoms with Crippen molar-refractivity contribution in [2.45, 2.75) is 39.3 Å². The monoisotopic (exact) mass is 243 g/mol. The van der Waals surface area contributed by atoms with Gasteiger partial charge in [0.15, 0.2) is 0 Å². The standard InChI is InChI=1S/C15H21N3/c1-3-9-18-10-8-17-15(18)14-6-4-13(5-7-14)11-12(2)16/h4-8,10,12H,3,9,11,16H2,1-2H3. The van der Waals surface area contributed by atoms with Crippen molar-refractivity contribution in [3.8, 4) is 11.4 Å². The zero-order valence-corrected chi connectivity index (χ0v) is 11.1. The van der Waals surface area contributed by atoms with E-state index in [4.69, 9.17) is 5.73 Å². The number of nitrogens with two attached hydrogens (primary N) is 1. The van der Waals surface area contributed by atoms with Gasteiger partial charge in [-0.05, 0) is 25.3 Å². The molecule has 0 bridgehead atoms. The molecule has 1 unspecified atom stereocenters. The average molecular weight is 243 g/mol. The fourth-order valence-electron chi connectivity index (χ4n) is 2.15. The molecule has 0 aliphatic heterocycles. The van der Waals surface area contributed by atoms with Crippen molar-refractivity contribution in [2.24, 2.45) is 5.73 Å². The van der Waals surface area contributed by atoms with Gasteiger partial charge in [0.05, 0.1) is 0 Å². The zero-order chi connectivity index (χ0) is 13.0. The highest BCUT2D eigenvalue weighted by atomic mass is 15.1. The van der Waals surface area contributed by atoms with Crippen LogP contribution in [0, 0.1) is 0 Å². The van der Waals surface area contributed by atoms with Gasteiger partial charge in [-0.2, -0.15) is 0 Å². The van der Waals surface area contributed by atoms with Crippen molar-refractivity contribution in [1.82, 2.24) is 9.55 Å². The molecule has 0 aliphatic rings. The van der Waals surface area contributed by atoms with E-state index in [0.717, 1.165) is 25.2 Å². The minimum absolute atomic E-state index is 0.206. The molecule has 0 saturated heterocycles. The molecule has 0 aliphatic carbocycles. The number of aromatic nitrogens is 2. The lowest BCUT2D eigenvalue weighted by Crippen LogP contribution is -2.17. The molecular weight excluding hydrogens is 222 g/mol. The van der Waals surface area contributed by atoms with Crippen molar-refractivity contribution >= 4 is 0 Å². The van der Waals surface area contributed by atoms with E-state index in [1.54, 1.807) is 0 Å². The fraction of sp³-hybridized carbons (Fsp3) is 0.400. The normalized spacial score (nSPS) is 12.6. The predicted molar refractivity (Wildman–Crippen MR) is 75.3 cm³/mol. The Hall–Kier alpha value is -1.61. The lowest BCUT2D eigenvalue weighted by Gasteiger charge is -2.08. The van der Waals surface area contributed by atoms with Gasteiger partial charge in [-0.15, -0.1) is 0 Å². The number of nitrogens with zero attached hydrogens (tertiary/aromatic N) is 2.